The molecule has 0 spiro atoms. The summed E-state index contributed by atoms with van der Waals surface area (Å²) >= 11 is 1.74. The summed E-state index contributed by atoms with van der Waals surface area (Å²) < 4.78 is 31.3. The zero-order valence-electron chi connectivity index (χ0n) is 21.2. The number of thioether (sulfide) groups is 1. The predicted octanol–water partition coefficient (Wildman–Crippen LogP) is 6.00. The number of ketones is 1. The number of carbonyl (C=O) groups excluding carboxylic acids is 2. The Labute approximate surface area is 223 Å². The Morgan fingerprint density at radius 2 is 1.49 bits per heavy atom. The number of unbranched alkanes of at least 4 members (excludes halogenated alkanes) is 3. The molecule has 3 aromatic carbocycles. The lowest BCUT2D eigenvalue weighted by atomic mass is 10.0. The van der Waals surface area contributed by atoms with Crippen LogP contribution >= 0.6 is 11.8 Å². The SMILES string of the molecule is CCCCCCS(=O)(=O)NC(=O)C(=O)c1ccc(CSCc2ccc(-c3cccc(OC)c3)cc2)cc1. The summed E-state index contributed by atoms with van der Waals surface area (Å²) in [5.41, 5.74) is 4.61. The fourth-order valence-electron chi connectivity index (χ4n) is 3.72. The molecule has 6 nitrogen and oxygen atoms in total. The largest absolute Gasteiger partial charge is 0.497 e. The first kappa shape index (κ1) is 28.5. The van der Waals surface area contributed by atoms with E-state index in [1.165, 1.54) is 5.56 Å². The minimum absolute atomic E-state index is 0.161. The van der Waals surface area contributed by atoms with E-state index in [-0.39, 0.29) is 11.3 Å². The van der Waals surface area contributed by atoms with Crippen LogP contribution < -0.4 is 9.46 Å². The number of sulfonamides is 1. The van der Waals surface area contributed by atoms with Gasteiger partial charge < -0.3 is 4.74 Å². The number of ether oxygens (including phenoxy) is 1. The van der Waals surface area contributed by atoms with E-state index >= 15 is 0 Å². The molecule has 3 aromatic rings. The van der Waals surface area contributed by atoms with Gasteiger partial charge in [-0.15, -0.1) is 0 Å². The molecule has 8 heteroatoms. The third kappa shape index (κ3) is 9.05. The highest BCUT2D eigenvalue weighted by Gasteiger charge is 2.22. The van der Waals surface area contributed by atoms with Gasteiger partial charge in [0, 0.05) is 17.1 Å². The van der Waals surface area contributed by atoms with Crippen LogP contribution in [0.2, 0.25) is 0 Å². The zero-order valence-corrected chi connectivity index (χ0v) is 22.9. The van der Waals surface area contributed by atoms with Crippen molar-refractivity contribution >= 4 is 33.5 Å². The number of rotatable bonds is 14. The van der Waals surface area contributed by atoms with E-state index in [9.17, 15) is 18.0 Å². The first-order valence-electron chi connectivity index (χ1n) is 12.3. The normalized spacial score (nSPS) is 11.2. The molecule has 0 fully saturated rings. The maximum Gasteiger partial charge on any atom is 0.305 e. The number of nitrogens with one attached hydrogen (secondary N) is 1. The predicted molar refractivity (Wildman–Crippen MR) is 150 cm³/mol. The molecule has 0 aromatic heterocycles. The Kier molecular flexibility index (Phi) is 10.8. The van der Waals surface area contributed by atoms with Crippen LogP contribution in [0.25, 0.3) is 11.1 Å². The van der Waals surface area contributed by atoms with Gasteiger partial charge in [-0.05, 0) is 40.8 Å². The van der Waals surface area contributed by atoms with Crippen molar-refractivity contribution in [2.75, 3.05) is 12.9 Å². The van der Waals surface area contributed by atoms with Crippen LogP contribution in [0.3, 0.4) is 0 Å². The molecule has 0 unspecified atom stereocenters. The molecule has 0 aliphatic rings. The second kappa shape index (κ2) is 14.0. The Hall–Kier alpha value is -3.10. The maximum atomic E-state index is 12.4. The molecule has 3 rings (SSSR count). The van der Waals surface area contributed by atoms with Crippen molar-refractivity contribution in [3.63, 3.8) is 0 Å². The van der Waals surface area contributed by atoms with Crippen molar-refractivity contribution in [1.82, 2.24) is 4.72 Å². The molecule has 0 saturated heterocycles. The number of amides is 1. The van der Waals surface area contributed by atoms with Crippen molar-refractivity contribution in [3.05, 3.63) is 89.5 Å². The number of benzene rings is 3. The summed E-state index contributed by atoms with van der Waals surface area (Å²) in [6.45, 7) is 2.03. The topological polar surface area (TPSA) is 89.5 Å². The Morgan fingerprint density at radius 1 is 0.838 bits per heavy atom. The molecule has 0 saturated carbocycles. The van der Waals surface area contributed by atoms with Crippen LogP contribution in [0.15, 0.2) is 72.8 Å². The van der Waals surface area contributed by atoms with Crippen LogP contribution in [0.1, 0.15) is 54.1 Å². The standard InChI is InChI=1S/C29H33NO5S2/c1-3-4-5-6-18-37(33,34)30-29(32)28(31)25-16-12-23(13-17-25)21-36-20-22-10-14-24(15-11-22)26-8-7-9-27(19-26)35-2/h7-17,19H,3-6,18,20-21H2,1-2H3,(H,30,32). The monoisotopic (exact) mass is 539 g/mol. The van der Waals surface area contributed by atoms with Gasteiger partial charge in [0.2, 0.25) is 10.0 Å². The smallest absolute Gasteiger partial charge is 0.305 e. The highest BCUT2D eigenvalue weighted by molar-refractivity contribution is 7.97. The van der Waals surface area contributed by atoms with Crippen LogP contribution in [0.5, 0.6) is 5.75 Å². The third-order valence-electron chi connectivity index (χ3n) is 5.83. The van der Waals surface area contributed by atoms with E-state index in [0.29, 0.717) is 6.42 Å². The summed E-state index contributed by atoms with van der Waals surface area (Å²) in [7, 11) is -2.15. The summed E-state index contributed by atoms with van der Waals surface area (Å²) in [6, 6.07) is 23.1. The quantitative estimate of drug-likeness (QED) is 0.153. The van der Waals surface area contributed by atoms with Gasteiger partial charge in [0.05, 0.1) is 12.9 Å². The first-order valence-corrected chi connectivity index (χ1v) is 15.1. The van der Waals surface area contributed by atoms with E-state index in [4.69, 9.17) is 4.74 Å². The molecule has 0 bridgehead atoms. The zero-order chi connectivity index (χ0) is 26.7. The molecule has 0 aliphatic heterocycles. The van der Waals surface area contributed by atoms with Crippen molar-refractivity contribution in [2.45, 2.75) is 44.1 Å². The highest BCUT2D eigenvalue weighted by Crippen LogP contribution is 2.25. The number of carbonyl (C=O) groups is 2. The molecule has 37 heavy (non-hydrogen) atoms. The maximum absolute atomic E-state index is 12.4. The van der Waals surface area contributed by atoms with Gasteiger partial charge in [-0.1, -0.05) is 86.8 Å². The van der Waals surface area contributed by atoms with Gasteiger partial charge in [0.25, 0.3) is 5.78 Å². The van der Waals surface area contributed by atoms with Crippen molar-refractivity contribution in [3.8, 4) is 16.9 Å². The van der Waals surface area contributed by atoms with Gasteiger partial charge >= 0.3 is 5.91 Å². The van der Waals surface area contributed by atoms with E-state index in [0.717, 1.165) is 53.2 Å². The Bertz CT molecular complexity index is 1290. The molecular formula is C29H33NO5S2. The van der Waals surface area contributed by atoms with Gasteiger partial charge in [-0.25, -0.2) is 13.1 Å². The number of Topliss-reactive ketones (excluding diaryl/α,β-unsaturated/α-hetero) is 1. The second-order valence-electron chi connectivity index (χ2n) is 8.76. The summed E-state index contributed by atoms with van der Waals surface area (Å²) in [5.74, 6) is 0.268. The van der Waals surface area contributed by atoms with Crippen LogP contribution in [-0.4, -0.2) is 33.0 Å². The van der Waals surface area contributed by atoms with Crippen molar-refractivity contribution in [1.29, 1.82) is 0 Å². The average molecular weight is 540 g/mol. The molecule has 0 radical (unpaired) electrons. The average Bonchev–Trinajstić information content (AvgIpc) is 2.91. The summed E-state index contributed by atoms with van der Waals surface area (Å²) in [4.78, 5) is 24.5. The summed E-state index contributed by atoms with van der Waals surface area (Å²) in [6.07, 6.45) is 3.15. The molecule has 1 N–H and O–H groups in total. The minimum Gasteiger partial charge on any atom is -0.497 e. The summed E-state index contributed by atoms with van der Waals surface area (Å²) in [5, 5.41) is 0. The van der Waals surface area contributed by atoms with E-state index in [1.807, 2.05) is 29.8 Å². The Morgan fingerprint density at radius 3 is 2.11 bits per heavy atom. The molecule has 1 amide bonds. The highest BCUT2D eigenvalue weighted by atomic mass is 32.2. The van der Waals surface area contributed by atoms with Gasteiger partial charge in [0.15, 0.2) is 0 Å². The molecule has 0 heterocycles. The second-order valence-corrected chi connectivity index (χ2v) is 11.6. The lowest BCUT2D eigenvalue weighted by Gasteiger charge is -2.08. The van der Waals surface area contributed by atoms with Gasteiger partial charge in [-0.3, -0.25) is 9.59 Å². The van der Waals surface area contributed by atoms with Crippen LogP contribution in [0, 0.1) is 0 Å². The van der Waals surface area contributed by atoms with Crippen molar-refractivity contribution in [2.24, 2.45) is 0 Å². The molecule has 196 valence electrons. The van der Waals surface area contributed by atoms with Gasteiger partial charge in [-0.2, -0.15) is 11.8 Å². The molecular weight excluding hydrogens is 506 g/mol. The van der Waals surface area contributed by atoms with Crippen LogP contribution in [0.4, 0.5) is 0 Å². The van der Waals surface area contributed by atoms with Crippen molar-refractivity contribution < 1.29 is 22.7 Å². The van der Waals surface area contributed by atoms with E-state index < -0.39 is 21.7 Å². The lowest BCUT2D eigenvalue weighted by Crippen LogP contribution is -2.37. The minimum atomic E-state index is -3.81. The van der Waals surface area contributed by atoms with Crippen LogP contribution in [-0.2, 0) is 26.3 Å². The first-order chi connectivity index (χ1) is 17.8. The number of hydrogen-bond acceptors (Lipinski definition) is 6. The molecule has 0 atom stereocenters. The lowest BCUT2D eigenvalue weighted by molar-refractivity contribution is -0.115. The molecule has 0 aliphatic carbocycles. The van der Waals surface area contributed by atoms with Gasteiger partial charge in [0.1, 0.15) is 5.75 Å². The number of hydrogen-bond donors (Lipinski definition) is 1. The third-order valence-corrected chi connectivity index (χ3v) is 8.23. The Balaban J connectivity index is 1.47. The number of methoxy groups -OCH3 is 1. The fraction of sp³-hybridized carbons (Fsp3) is 0.310. The fourth-order valence-corrected chi connectivity index (χ4v) is 5.74. The van der Waals surface area contributed by atoms with E-state index in [2.05, 4.69) is 30.3 Å². The van der Waals surface area contributed by atoms with E-state index in [1.54, 1.807) is 43.1 Å².